The van der Waals surface area contributed by atoms with Gasteiger partial charge in [-0.3, -0.25) is 9.69 Å². The highest BCUT2D eigenvalue weighted by atomic mass is 19.1. The van der Waals surface area contributed by atoms with Crippen molar-refractivity contribution in [2.24, 2.45) is 5.41 Å². The average Bonchev–Trinajstić information content (AvgIpc) is 3.21. The predicted molar refractivity (Wildman–Crippen MR) is 139 cm³/mol. The summed E-state index contributed by atoms with van der Waals surface area (Å²) >= 11 is 0. The second-order valence-electron chi connectivity index (χ2n) is 10.5. The molecule has 6 rings (SSSR count). The highest BCUT2D eigenvalue weighted by molar-refractivity contribution is 5.88. The van der Waals surface area contributed by atoms with Crippen molar-refractivity contribution in [3.63, 3.8) is 0 Å². The first-order valence-electron chi connectivity index (χ1n) is 12.5. The van der Waals surface area contributed by atoms with Crippen LogP contribution in [0.3, 0.4) is 0 Å². The van der Waals surface area contributed by atoms with Crippen LogP contribution in [0.5, 0.6) is 0 Å². The summed E-state index contributed by atoms with van der Waals surface area (Å²) in [5, 5.41) is 13.1. The minimum atomic E-state index is -0.701. The summed E-state index contributed by atoms with van der Waals surface area (Å²) in [7, 11) is 0. The van der Waals surface area contributed by atoms with E-state index in [1.165, 1.54) is 22.9 Å². The first-order valence-corrected chi connectivity index (χ1v) is 12.5. The summed E-state index contributed by atoms with van der Waals surface area (Å²) in [5.74, 6) is -0.638. The summed E-state index contributed by atoms with van der Waals surface area (Å²) in [4.78, 5) is 15.2. The number of hydrogen-bond donors (Lipinski definition) is 1. The molecule has 4 heterocycles. The molecule has 2 aliphatic heterocycles. The summed E-state index contributed by atoms with van der Waals surface area (Å²) in [6, 6.07) is 14.6. The Balaban J connectivity index is 1.51. The maximum atomic E-state index is 15.0. The fraction of sp³-hybridized carbons (Fsp3) is 0.321. The first-order chi connectivity index (χ1) is 17.7. The lowest BCUT2D eigenvalue weighted by atomic mass is 9.77. The van der Waals surface area contributed by atoms with Crippen molar-refractivity contribution in [1.29, 1.82) is 0 Å². The van der Waals surface area contributed by atoms with E-state index in [1.807, 2.05) is 35.9 Å². The SMILES string of the molecule is Cc1ccccc1-n1nc(-c2c(-c3ccc(F)cc3F)nn3c2NCC2(CN(C(C)C)C2)C3)ccc1=O. The molecule has 0 saturated carbocycles. The van der Waals surface area contributed by atoms with Crippen molar-refractivity contribution in [1.82, 2.24) is 24.5 Å². The van der Waals surface area contributed by atoms with Crippen LogP contribution in [-0.4, -0.2) is 50.1 Å². The molecule has 0 radical (unpaired) electrons. The van der Waals surface area contributed by atoms with Crippen LogP contribution in [-0.2, 0) is 6.54 Å². The van der Waals surface area contributed by atoms with Crippen LogP contribution in [0, 0.1) is 24.0 Å². The van der Waals surface area contributed by atoms with Crippen LogP contribution >= 0.6 is 0 Å². The number of para-hydroxylation sites is 1. The van der Waals surface area contributed by atoms with E-state index >= 15 is 4.39 Å². The van der Waals surface area contributed by atoms with E-state index < -0.39 is 11.6 Å². The molecule has 37 heavy (non-hydrogen) atoms. The van der Waals surface area contributed by atoms with E-state index in [0.29, 0.717) is 35.2 Å². The number of anilines is 1. The monoisotopic (exact) mass is 502 g/mol. The van der Waals surface area contributed by atoms with Crippen molar-refractivity contribution < 1.29 is 8.78 Å². The van der Waals surface area contributed by atoms with Gasteiger partial charge in [-0.15, -0.1) is 0 Å². The van der Waals surface area contributed by atoms with Gasteiger partial charge in [0.05, 0.1) is 23.5 Å². The zero-order valence-electron chi connectivity index (χ0n) is 21.0. The molecule has 1 spiro atoms. The third-order valence-electron chi connectivity index (χ3n) is 7.46. The van der Waals surface area contributed by atoms with E-state index in [1.54, 1.807) is 6.07 Å². The molecular formula is C28H28F2N6O. The molecule has 1 fully saturated rings. The van der Waals surface area contributed by atoms with Gasteiger partial charge in [-0.2, -0.15) is 14.9 Å². The minimum absolute atomic E-state index is 0.0343. The highest BCUT2D eigenvalue weighted by Crippen LogP contribution is 2.44. The summed E-state index contributed by atoms with van der Waals surface area (Å²) < 4.78 is 32.0. The van der Waals surface area contributed by atoms with Crippen LogP contribution < -0.4 is 10.9 Å². The van der Waals surface area contributed by atoms with Crippen LogP contribution in [0.25, 0.3) is 28.2 Å². The van der Waals surface area contributed by atoms with Gasteiger partial charge in [0.1, 0.15) is 23.1 Å². The molecule has 7 nitrogen and oxygen atoms in total. The molecular weight excluding hydrogens is 474 g/mol. The number of aryl methyl sites for hydroxylation is 1. The standard InChI is InChI=1S/C28H28F2N6O/c1-17(2)34-14-28(15-34)13-31-27-25(26(33-35(27)16-28)20-9-8-19(29)12-21(20)30)22-10-11-24(37)36(32-22)23-7-5-4-6-18(23)3/h4-12,17,31H,13-16H2,1-3H3. The number of nitrogens with zero attached hydrogens (tertiary/aromatic N) is 5. The number of nitrogens with one attached hydrogen (secondary N) is 1. The predicted octanol–water partition coefficient (Wildman–Crippen LogP) is 4.49. The van der Waals surface area contributed by atoms with Gasteiger partial charge in [-0.25, -0.2) is 13.5 Å². The Morgan fingerprint density at radius 3 is 2.51 bits per heavy atom. The van der Waals surface area contributed by atoms with Crippen molar-refractivity contribution >= 4 is 5.82 Å². The van der Waals surface area contributed by atoms with Gasteiger partial charge in [0, 0.05) is 48.8 Å². The lowest BCUT2D eigenvalue weighted by molar-refractivity contribution is -0.0300. The molecule has 4 aromatic rings. The summed E-state index contributed by atoms with van der Waals surface area (Å²) in [5.41, 5.74) is 2.93. The normalized spacial score (nSPS) is 16.5. The largest absolute Gasteiger partial charge is 0.369 e. The zero-order valence-corrected chi connectivity index (χ0v) is 21.0. The summed E-state index contributed by atoms with van der Waals surface area (Å²) in [6.45, 7) is 9.60. The van der Waals surface area contributed by atoms with Gasteiger partial charge in [0.25, 0.3) is 5.56 Å². The Bertz CT molecular complexity index is 1570. The Hall–Kier alpha value is -3.85. The third-order valence-corrected chi connectivity index (χ3v) is 7.46. The molecule has 1 N–H and O–H groups in total. The van der Waals surface area contributed by atoms with Crippen LogP contribution in [0.15, 0.2) is 59.4 Å². The number of halogens is 2. The quantitative estimate of drug-likeness (QED) is 0.446. The first kappa shape index (κ1) is 23.5. The van der Waals surface area contributed by atoms with Crippen LogP contribution in [0.2, 0.25) is 0 Å². The lowest BCUT2D eigenvalue weighted by Crippen LogP contribution is -2.64. The topological polar surface area (TPSA) is 68.0 Å². The molecule has 190 valence electrons. The van der Waals surface area contributed by atoms with Gasteiger partial charge in [0.2, 0.25) is 0 Å². The molecule has 2 aliphatic rings. The zero-order chi connectivity index (χ0) is 25.9. The van der Waals surface area contributed by atoms with Crippen molar-refractivity contribution in [2.75, 3.05) is 25.0 Å². The number of aromatic nitrogens is 4. The smallest absolute Gasteiger partial charge is 0.271 e. The average molecular weight is 503 g/mol. The third kappa shape index (κ3) is 3.94. The van der Waals surface area contributed by atoms with Gasteiger partial charge < -0.3 is 5.32 Å². The minimum Gasteiger partial charge on any atom is -0.369 e. The van der Waals surface area contributed by atoms with Crippen LogP contribution in [0.4, 0.5) is 14.6 Å². The van der Waals surface area contributed by atoms with Crippen molar-refractivity contribution in [3.05, 3.63) is 82.1 Å². The molecule has 9 heteroatoms. The molecule has 1 saturated heterocycles. The number of benzene rings is 2. The number of fused-ring (bicyclic) bond motifs is 1. The van der Waals surface area contributed by atoms with Gasteiger partial charge >= 0.3 is 0 Å². The van der Waals surface area contributed by atoms with Gasteiger partial charge in [-0.05, 0) is 50.6 Å². The Kier molecular flexibility index (Phi) is 5.49. The second-order valence-corrected chi connectivity index (χ2v) is 10.5. The number of rotatable bonds is 4. The highest BCUT2D eigenvalue weighted by Gasteiger charge is 2.47. The summed E-state index contributed by atoms with van der Waals surface area (Å²) in [6.07, 6.45) is 0. The van der Waals surface area contributed by atoms with E-state index in [4.69, 9.17) is 10.2 Å². The number of likely N-dealkylation sites (tertiary alicyclic amines) is 1. The van der Waals surface area contributed by atoms with Crippen molar-refractivity contribution in [3.8, 4) is 28.2 Å². The van der Waals surface area contributed by atoms with E-state index in [-0.39, 0.29) is 16.5 Å². The molecule has 2 aromatic heterocycles. The molecule has 0 unspecified atom stereocenters. The van der Waals surface area contributed by atoms with E-state index in [0.717, 1.165) is 37.1 Å². The molecule has 0 aliphatic carbocycles. The molecule has 0 bridgehead atoms. The molecule has 0 atom stereocenters. The fourth-order valence-corrected chi connectivity index (χ4v) is 5.42. The Morgan fingerprint density at radius 1 is 1.00 bits per heavy atom. The van der Waals surface area contributed by atoms with E-state index in [9.17, 15) is 9.18 Å². The number of hydrogen-bond acceptors (Lipinski definition) is 5. The van der Waals surface area contributed by atoms with Crippen LogP contribution in [0.1, 0.15) is 19.4 Å². The molecule has 2 aromatic carbocycles. The van der Waals surface area contributed by atoms with Crippen molar-refractivity contribution in [2.45, 2.75) is 33.4 Å². The van der Waals surface area contributed by atoms with Gasteiger partial charge in [0.15, 0.2) is 0 Å². The maximum Gasteiger partial charge on any atom is 0.271 e. The van der Waals surface area contributed by atoms with E-state index in [2.05, 4.69) is 24.1 Å². The van der Waals surface area contributed by atoms with Gasteiger partial charge in [-0.1, -0.05) is 18.2 Å². The maximum absolute atomic E-state index is 15.0. The Morgan fingerprint density at radius 2 is 1.78 bits per heavy atom. The lowest BCUT2D eigenvalue weighted by Gasteiger charge is -2.54. The Labute approximate surface area is 213 Å². The molecule has 0 amide bonds. The second kappa shape index (κ2) is 8.62. The fourth-order valence-electron chi connectivity index (χ4n) is 5.42.